The average Bonchev–Trinajstić information content (AvgIpc) is 2.42. The van der Waals surface area contributed by atoms with Crippen molar-refractivity contribution in [3.8, 4) is 11.6 Å². The van der Waals surface area contributed by atoms with Gasteiger partial charge >= 0.3 is 0 Å². The van der Waals surface area contributed by atoms with Crippen molar-refractivity contribution in [1.82, 2.24) is 10.3 Å². The van der Waals surface area contributed by atoms with Gasteiger partial charge in [0.1, 0.15) is 5.75 Å². The van der Waals surface area contributed by atoms with Crippen LogP contribution < -0.4 is 10.1 Å². The second-order valence-electron chi connectivity index (χ2n) is 4.81. The highest BCUT2D eigenvalue weighted by Gasteiger charge is 2.07. The Balaban J connectivity index is 2.15. The van der Waals surface area contributed by atoms with Crippen LogP contribution >= 0.6 is 27.5 Å². The fraction of sp³-hybridized carbons (Fsp3) is 0.312. The number of pyridine rings is 1. The van der Waals surface area contributed by atoms with Crippen LogP contribution in [0.3, 0.4) is 0 Å². The lowest BCUT2D eigenvalue weighted by atomic mass is 10.2. The second-order valence-corrected chi connectivity index (χ2v) is 6.13. The fourth-order valence-corrected chi connectivity index (χ4v) is 2.65. The van der Waals surface area contributed by atoms with Gasteiger partial charge in [-0.25, -0.2) is 4.98 Å². The van der Waals surface area contributed by atoms with Crippen LogP contribution in [0, 0.1) is 6.92 Å². The number of ether oxygens (including phenoxy) is 1. The minimum atomic E-state index is 0.554. The Morgan fingerprint density at radius 2 is 2.10 bits per heavy atom. The van der Waals surface area contributed by atoms with Gasteiger partial charge < -0.3 is 10.1 Å². The van der Waals surface area contributed by atoms with E-state index in [0.717, 1.165) is 35.2 Å². The molecule has 0 spiro atoms. The summed E-state index contributed by atoms with van der Waals surface area (Å²) in [7, 11) is 0. The molecule has 0 atom stereocenters. The molecule has 0 saturated carbocycles. The molecule has 1 N–H and O–H groups in total. The maximum Gasteiger partial charge on any atom is 0.219 e. The Morgan fingerprint density at radius 1 is 1.29 bits per heavy atom. The van der Waals surface area contributed by atoms with E-state index in [1.165, 1.54) is 0 Å². The molecule has 0 unspecified atom stereocenters. The van der Waals surface area contributed by atoms with Gasteiger partial charge in [-0.2, -0.15) is 0 Å². The predicted molar refractivity (Wildman–Crippen MR) is 90.2 cm³/mol. The maximum atomic E-state index is 6.17. The first-order valence-corrected chi connectivity index (χ1v) is 8.06. The third kappa shape index (κ3) is 4.99. The molecule has 0 amide bonds. The molecule has 112 valence electrons. The molecule has 5 heteroatoms. The van der Waals surface area contributed by atoms with E-state index in [-0.39, 0.29) is 0 Å². The van der Waals surface area contributed by atoms with Crippen molar-refractivity contribution < 1.29 is 4.74 Å². The van der Waals surface area contributed by atoms with E-state index < -0.39 is 0 Å². The largest absolute Gasteiger partial charge is 0.437 e. The van der Waals surface area contributed by atoms with Crippen LogP contribution in [0.15, 0.2) is 34.8 Å². The molecule has 1 heterocycles. The number of aryl methyl sites for hydroxylation is 1. The highest BCUT2D eigenvalue weighted by Crippen LogP contribution is 2.31. The number of aromatic nitrogens is 1. The van der Waals surface area contributed by atoms with Crippen molar-refractivity contribution in [1.29, 1.82) is 0 Å². The van der Waals surface area contributed by atoms with Gasteiger partial charge in [0.15, 0.2) is 0 Å². The first-order valence-electron chi connectivity index (χ1n) is 6.89. The third-order valence-corrected chi connectivity index (χ3v) is 3.64. The molecule has 0 saturated heterocycles. The lowest BCUT2D eigenvalue weighted by Gasteiger charge is -2.10. The molecule has 0 aliphatic carbocycles. The number of nitrogens with one attached hydrogen (secondary N) is 1. The van der Waals surface area contributed by atoms with Gasteiger partial charge in [0.25, 0.3) is 0 Å². The van der Waals surface area contributed by atoms with Crippen molar-refractivity contribution in [2.75, 3.05) is 6.54 Å². The first-order chi connectivity index (χ1) is 10.1. The van der Waals surface area contributed by atoms with Crippen LogP contribution in [0.25, 0.3) is 0 Å². The molecule has 1 aromatic carbocycles. The van der Waals surface area contributed by atoms with Gasteiger partial charge in [0, 0.05) is 22.8 Å². The van der Waals surface area contributed by atoms with E-state index in [4.69, 9.17) is 16.3 Å². The Bertz CT molecular complexity index is 619. The van der Waals surface area contributed by atoms with Crippen LogP contribution in [0.5, 0.6) is 11.6 Å². The molecule has 0 bridgehead atoms. The van der Waals surface area contributed by atoms with Crippen LogP contribution in [0.4, 0.5) is 0 Å². The molecule has 1 aromatic heterocycles. The number of hydrogen-bond donors (Lipinski definition) is 1. The summed E-state index contributed by atoms with van der Waals surface area (Å²) in [5.41, 5.74) is 2.08. The Hall–Kier alpha value is -1.10. The minimum absolute atomic E-state index is 0.554. The van der Waals surface area contributed by atoms with E-state index in [2.05, 4.69) is 39.2 Å². The van der Waals surface area contributed by atoms with Gasteiger partial charge in [0.05, 0.1) is 5.02 Å². The quantitative estimate of drug-likeness (QED) is 0.719. The van der Waals surface area contributed by atoms with Gasteiger partial charge in [-0.1, -0.05) is 34.5 Å². The summed E-state index contributed by atoms with van der Waals surface area (Å²) >= 11 is 9.54. The smallest absolute Gasteiger partial charge is 0.219 e. The van der Waals surface area contributed by atoms with Crippen molar-refractivity contribution in [3.63, 3.8) is 0 Å². The number of rotatable bonds is 6. The van der Waals surface area contributed by atoms with Crippen molar-refractivity contribution in [2.24, 2.45) is 0 Å². The number of benzene rings is 1. The van der Waals surface area contributed by atoms with E-state index >= 15 is 0 Å². The Kier molecular flexibility index (Phi) is 6.03. The van der Waals surface area contributed by atoms with E-state index in [0.29, 0.717) is 16.7 Å². The summed E-state index contributed by atoms with van der Waals surface area (Å²) in [5, 5.41) is 3.93. The second kappa shape index (κ2) is 7.78. The van der Waals surface area contributed by atoms with E-state index in [1.807, 2.05) is 25.1 Å². The molecule has 3 nitrogen and oxygen atoms in total. The molecule has 2 aromatic rings. The lowest BCUT2D eigenvalue weighted by molar-refractivity contribution is 0.460. The van der Waals surface area contributed by atoms with Gasteiger partial charge in [-0.05, 0) is 49.7 Å². The summed E-state index contributed by atoms with van der Waals surface area (Å²) in [6, 6.07) is 9.51. The monoisotopic (exact) mass is 368 g/mol. The summed E-state index contributed by atoms with van der Waals surface area (Å²) in [4.78, 5) is 4.40. The molecule has 2 rings (SSSR count). The van der Waals surface area contributed by atoms with Gasteiger partial charge in [-0.15, -0.1) is 0 Å². The van der Waals surface area contributed by atoms with E-state index in [1.54, 1.807) is 6.07 Å². The van der Waals surface area contributed by atoms with Crippen LogP contribution in [0.2, 0.25) is 5.02 Å². The Morgan fingerprint density at radius 3 is 2.81 bits per heavy atom. The Labute approximate surface area is 138 Å². The highest BCUT2D eigenvalue weighted by molar-refractivity contribution is 9.10. The van der Waals surface area contributed by atoms with Crippen molar-refractivity contribution in [3.05, 3.63) is 51.1 Å². The predicted octanol–water partition coefficient (Wildman–Crippen LogP) is 5.10. The summed E-state index contributed by atoms with van der Waals surface area (Å²) in [6.07, 6.45) is 1.11. The van der Waals surface area contributed by atoms with Crippen molar-refractivity contribution in [2.45, 2.75) is 26.8 Å². The van der Waals surface area contributed by atoms with Gasteiger partial charge in [-0.3, -0.25) is 0 Å². The number of nitrogens with zero attached hydrogens (tertiary/aromatic N) is 1. The molecular weight excluding hydrogens is 352 g/mol. The van der Waals surface area contributed by atoms with Crippen LogP contribution in [-0.2, 0) is 6.54 Å². The molecule has 0 radical (unpaired) electrons. The summed E-state index contributed by atoms with van der Waals surface area (Å²) < 4.78 is 6.72. The highest BCUT2D eigenvalue weighted by atomic mass is 79.9. The molecule has 0 aliphatic rings. The molecule has 0 fully saturated rings. The normalized spacial score (nSPS) is 10.7. The zero-order valence-electron chi connectivity index (χ0n) is 12.1. The topological polar surface area (TPSA) is 34.2 Å². The fourth-order valence-electron chi connectivity index (χ4n) is 1.94. The first kappa shape index (κ1) is 16.3. The lowest BCUT2D eigenvalue weighted by Crippen LogP contribution is -2.14. The minimum Gasteiger partial charge on any atom is -0.437 e. The number of hydrogen-bond acceptors (Lipinski definition) is 3. The van der Waals surface area contributed by atoms with Gasteiger partial charge in [0.2, 0.25) is 5.88 Å². The summed E-state index contributed by atoms with van der Waals surface area (Å²) in [5.74, 6) is 1.16. The third-order valence-electron chi connectivity index (χ3n) is 2.85. The SMILES string of the molecule is CCCNCc1cc(C)nc(Oc2ccc(Br)cc2Cl)c1. The number of halogens is 2. The van der Waals surface area contributed by atoms with Crippen molar-refractivity contribution >= 4 is 27.5 Å². The van der Waals surface area contributed by atoms with Crippen LogP contribution in [0.1, 0.15) is 24.6 Å². The zero-order valence-corrected chi connectivity index (χ0v) is 14.5. The van der Waals surface area contributed by atoms with Crippen LogP contribution in [-0.4, -0.2) is 11.5 Å². The average molecular weight is 370 g/mol. The molecule has 21 heavy (non-hydrogen) atoms. The maximum absolute atomic E-state index is 6.17. The summed E-state index contributed by atoms with van der Waals surface area (Å²) in [6.45, 7) is 5.91. The van der Waals surface area contributed by atoms with E-state index in [9.17, 15) is 0 Å². The molecule has 0 aliphatic heterocycles. The molecular formula is C16H18BrClN2O. The zero-order chi connectivity index (χ0) is 15.2. The standard InChI is InChI=1S/C16H18BrClN2O/c1-3-6-19-10-12-7-11(2)20-16(8-12)21-15-5-4-13(17)9-14(15)18/h4-5,7-9,19H,3,6,10H2,1-2H3.